The molecule has 2 rings (SSSR count). The van der Waals surface area contributed by atoms with E-state index in [0.717, 1.165) is 36.6 Å². The lowest BCUT2D eigenvalue weighted by Gasteiger charge is -2.27. The van der Waals surface area contributed by atoms with Crippen molar-refractivity contribution in [2.75, 3.05) is 23.8 Å². The zero-order chi connectivity index (χ0) is 15.2. The van der Waals surface area contributed by atoms with Crippen LogP contribution in [0.2, 0.25) is 0 Å². The van der Waals surface area contributed by atoms with E-state index in [2.05, 4.69) is 65.5 Å². The molecule has 0 aliphatic rings. The number of hydrogen-bond acceptors (Lipinski definition) is 5. The molecule has 0 amide bonds. The van der Waals surface area contributed by atoms with Crippen molar-refractivity contribution >= 4 is 23.0 Å². The van der Waals surface area contributed by atoms with Crippen molar-refractivity contribution in [3.8, 4) is 0 Å². The van der Waals surface area contributed by atoms with Gasteiger partial charge in [-0.05, 0) is 31.7 Å². The highest BCUT2D eigenvalue weighted by atomic mass is 32.1. The van der Waals surface area contributed by atoms with Crippen LogP contribution in [0.3, 0.4) is 0 Å². The van der Waals surface area contributed by atoms with Gasteiger partial charge in [-0.2, -0.15) is 0 Å². The average Bonchev–Trinajstić information content (AvgIpc) is 2.98. The quantitative estimate of drug-likeness (QED) is 0.846. The van der Waals surface area contributed by atoms with Gasteiger partial charge in [0.2, 0.25) is 0 Å². The fraction of sp³-hybridized carbons (Fsp3) is 0.500. The molecule has 1 atom stereocenters. The van der Waals surface area contributed by atoms with Gasteiger partial charge in [-0.1, -0.05) is 13.0 Å². The van der Waals surface area contributed by atoms with Gasteiger partial charge in [0.15, 0.2) is 0 Å². The minimum absolute atomic E-state index is 0.399. The van der Waals surface area contributed by atoms with Crippen molar-refractivity contribution < 1.29 is 0 Å². The number of aromatic nitrogens is 2. The molecule has 0 spiro atoms. The van der Waals surface area contributed by atoms with Gasteiger partial charge in [0.1, 0.15) is 18.0 Å². The Morgan fingerprint density at radius 1 is 1.38 bits per heavy atom. The number of likely N-dealkylation sites (N-methyl/N-ethyl adjacent to an activating group) is 1. The third-order valence-corrected chi connectivity index (χ3v) is 4.57. The fourth-order valence-corrected chi connectivity index (χ4v) is 3.11. The molecule has 5 heteroatoms. The number of hydrogen-bond donors (Lipinski definition) is 1. The minimum Gasteiger partial charge on any atom is -0.370 e. The van der Waals surface area contributed by atoms with Crippen molar-refractivity contribution in [3.05, 3.63) is 34.3 Å². The number of rotatable bonds is 7. The van der Waals surface area contributed by atoms with Gasteiger partial charge in [0.25, 0.3) is 0 Å². The molecule has 0 aliphatic heterocycles. The highest BCUT2D eigenvalue weighted by molar-refractivity contribution is 7.09. The molecule has 1 unspecified atom stereocenters. The molecule has 0 bridgehead atoms. The zero-order valence-electron chi connectivity index (χ0n) is 13.3. The lowest BCUT2D eigenvalue weighted by atomic mass is 10.1. The predicted molar refractivity (Wildman–Crippen MR) is 91.4 cm³/mol. The van der Waals surface area contributed by atoms with E-state index in [4.69, 9.17) is 0 Å². The summed E-state index contributed by atoms with van der Waals surface area (Å²) in [6.45, 7) is 7.41. The average molecular weight is 304 g/mol. The molecule has 0 radical (unpaired) electrons. The van der Waals surface area contributed by atoms with Crippen LogP contribution in [0.4, 0.5) is 11.6 Å². The van der Waals surface area contributed by atoms with E-state index in [9.17, 15) is 0 Å². The van der Waals surface area contributed by atoms with Crippen LogP contribution in [-0.4, -0.2) is 29.6 Å². The van der Waals surface area contributed by atoms with Gasteiger partial charge in [-0.3, -0.25) is 0 Å². The Hall–Kier alpha value is -1.62. The Balaban J connectivity index is 2.12. The maximum Gasteiger partial charge on any atom is 0.137 e. The van der Waals surface area contributed by atoms with Gasteiger partial charge in [0.05, 0.1) is 0 Å². The first-order valence-electron chi connectivity index (χ1n) is 7.44. The standard InChI is InChI=1S/C16H24N4S/c1-5-8-17-15-13(3)16(19-11-18-15)20(4)12(2)10-14-7-6-9-21-14/h6-7,9,11-12H,5,8,10H2,1-4H3,(H,17,18,19). The van der Waals surface area contributed by atoms with E-state index >= 15 is 0 Å². The largest absolute Gasteiger partial charge is 0.370 e. The normalized spacial score (nSPS) is 12.2. The summed E-state index contributed by atoms with van der Waals surface area (Å²) in [5.74, 6) is 1.95. The summed E-state index contributed by atoms with van der Waals surface area (Å²) < 4.78 is 0. The molecule has 0 fully saturated rings. The second-order valence-electron chi connectivity index (χ2n) is 5.34. The molecule has 2 aromatic heterocycles. The van der Waals surface area contributed by atoms with Crippen LogP contribution < -0.4 is 10.2 Å². The van der Waals surface area contributed by atoms with E-state index in [1.807, 2.05) is 11.3 Å². The Morgan fingerprint density at radius 2 is 2.19 bits per heavy atom. The second-order valence-corrected chi connectivity index (χ2v) is 6.37. The number of nitrogens with one attached hydrogen (secondary N) is 1. The fourth-order valence-electron chi connectivity index (χ4n) is 2.28. The Labute approximate surface area is 131 Å². The third-order valence-electron chi connectivity index (χ3n) is 3.67. The SMILES string of the molecule is CCCNc1ncnc(N(C)C(C)Cc2cccs2)c1C. The van der Waals surface area contributed by atoms with Crippen molar-refractivity contribution in [3.63, 3.8) is 0 Å². The maximum atomic E-state index is 4.48. The van der Waals surface area contributed by atoms with Gasteiger partial charge < -0.3 is 10.2 Å². The van der Waals surface area contributed by atoms with Gasteiger partial charge in [-0.25, -0.2) is 9.97 Å². The first-order chi connectivity index (χ1) is 10.1. The summed E-state index contributed by atoms with van der Waals surface area (Å²) in [6.07, 6.45) is 3.77. The molecule has 2 heterocycles. The topological polar surface area (TPSA) is 41.1 Å². The van der Waals surface area contributed by atoms with Crippen LogP contribution in [0.1, 0.15) is 30.7 Å². The van der Waals surface area contributed by atoms with E-state index in [-0.39, 0.29) is 0 Å². The lowest BCUT2D eigenvalue weighted by Crippen LogP contribution is -2.32. The molecular weight excluding hydrogens is 280 g/mol. The first kappa shape index (κ1) is 15.8. The van der Waals surface area contributed by atoms with E-state index < -0.39 is 0 Å². The molecule has 0 saturated heterocycles. The molecule has 2 aromatic rings. The Bertz CT molecular complexity index is 553. The van der Waals surface area contributed by atoms with Crippen LogP contribution in [0.15, 0.2) is 23.8 Å². The van der Waals surface area contributed by atoms with Crippen molar-refractivity contribution in [1.82, 2.24) is 9.97 Å². The lowest BCUT2D eigenvalue weighted by molar-refractivity contribution is 0.677. The number of nitrogens with zero attached hydrogens (tertiary/aromatic N) is 3. The third kappa shape index (κ3) is 3.94. The molecule has 21 heavy (non-hydrogen) atoms. The van der Waals surface area contributed by atoms with E-state index in [0.29, 0.717) is 6.04 Å². The highest BCUT2D eigenvalue weighted by Crippen LogP contribution is 2.24. The van der Waals surface area contributed by atoms with Crippen LogP contribution >= 0.6 is 11.3 Å². The predicted octanol–water partition coefficient (Wildman–Crippen LogP) is 3.74. The van der Waals surface area contributed by atoms with Gasteiger partial charge in [-0.15, -0.1) is 11.3 Å². The van der Waals surface area contributed by atoms with Gasteiger partial charge >= 0.3 is 0 Å². The minimum atomic E-state index is 0.399. The summed E-state index contributed by atoms with van der Waals surface area (Å²) in [7, 11) is 2.11. The van der Waals surface area contributed by atoms with Crippen LogP contribution in [0, 0.1) is 6.92 Å². The number of anilines is 2. The van der Waals surface area contributed by atoms with Gasteiger partial charge in [0, 0.05) is 36.5 Å². The van der Waals surface area contributed by atoms with Crippen LogP contribution in [0.25, 0.3) is 0 Å². The van der Waals surface area contributed by atoms with Crippen LogP contribution in [0.5, 0.6) is 0 Å². The molecular formula is C16H24N4S. The summed E-state index contributed by atoms with van der Waals surface area (Å²) >= 11 is 1.81. The summed E-state index contributed by atoms with van der Waals surface area (Å²) in [4.78, 5) is 12.5. The molecule has 0 saturated carbocycles. The first-order valence-corrected chi connectivity index (χ1v) is 8.32. The molecule has 0 aliphatic carbocycles. The number of thiophene rings is 1. The smallest absolute Gasteiger partial charge is 0.137 e. The monoisotopic (exact) mass is 304 g/mol. The van der Waals surface area contributed by atoms with Crippen molar-refractivity contribution in [1.29, 1.82) is 0 Å². The van der Waals surface area contributed by atoms with E-state index in [1.54, 1.807) is 6.33 Å². The molecule has 1 N–H and O–H groups in total. The van der Waals surface area contributed by atoms with Crippen LogP contribution in [-0.2, 0) is 6.42 Å². The summed E-state index contributed by atoms with van der Waals surface area (Å²) in [5.41, 5.74) is 1.12. The zero-order valence-corrected chi connectivity index (χ0v) is 14.1. The summed E-state index contributed by atoms with van der Waals surface area (Å²) in [5, 5.41) is 5.50. The molecule has 114 valence electrons. The second kappa shape index (κ2) is 7.41. The molecule has 4 nitrogen and oxygen atoms in total. The Kier molecular flexibility index (Phi) is 5.56. The maximum absolute atomic E-state index is 4.48. The van der Waals surface area contributed by atoms with Crippen molar-refractivity contribution in [2.45, 2.75) is 39.7 Å². The highest BCUT2D eigenvalue weighted by Gasteiger charge is 2.16. The summed E-state index contributed by atoms with van der Waals surface area (Å²) in [6, 6.07) is 4.70. The molecule has 0 aromatic carbocycles. The van der Waals surface area contributed by atoms with Crippen molar-refractivity contribution in [2.24, 2.45) is 0 Å². The Morgan fingerprint density at radius 3 is 2.86 bits per heavy atom. The van der Waals surface area contributed by atoms with E-state index in [1.165, 1.54) is 4.88 Å².